The number of aliphatic hydroxyl groups is 1. The zero-order valence-electron chi connectivity index (χ0n) is 18.8. The van der Waals surface area contributed by atoms with Gasteiger partial charge >= 0.3 is 0 Å². The SMILES string of the molecule is CCOc1cccc(C2/C(=C(\O)c3cc(OCC)ccc3Cl)C(=O)C(=O)N2c2ccccc2)c1. The lowest BCUT2D eigenvalue weighted by molar-refractivity contribution is -0.132. The summed E-state index contributed by atoms with van der Waals surface area (Å²) in [4.78, 5) is 27.9. The first kappa shape index (κ1) is 23.4. The molecule has 0 bridgehead atoms. The highest BCUT2D eigenvalue weighted by Crippen LogP contribution is 2.43. The Kier molecular flexibility index (Phi) is 6.89. The van der Waals surface area contributed by atoms with Gasteiger partial charge in [-0.3, -0.25) is 14.5 Å². The third-order valence-electron chi connectivity index (χ3n) is 5.47. The van der Waals surface area contributed by atoms with E-state index in [0.717, 1.165) is 0 Å². The van der Waals surface area contributed by atoms with Crippen molar-refractivity contribution in [3.05, 3.63) is 94.5 Å². The Labute approximate surface area is 203 Å². The van der Waals surface area contributed by atoms with Crippen LogP contribution in [0.5, 0.6) is 11.5 Å². The number of benzene rings is 3. The zero-order valence-corrected chi connectivity index (χ0v) is 19.6. The van der Waals surface area contributed by atoms with Gasteiger partial charge in [0.05, 0.1) is 29.9 Å². The highest BCUT2D eigenvalue weighted by atomic mass is 35.5. The predicted molar refractivity (Wildman–Crippen MR) is 131 cm³/mol. The van der Waals surface area contributed by atoms with Gasteiger partial charge in [-0.25, -0.2) is 0 Å². The fraction of sp³-hybridized carbons (Fsp3) is 0.185. The Morgan fingerprint density at radius 1 is 0.912 bits per heavy atom. The third-order valence-corrected chi connectivity index (χ3v) is 5.80. The summed E-state index contributed by atoms with van der Waals surface area (Å²) < 4.78 is 11.2. The van der Waals surface area contributed by atoms with Crippen LogP contribution in [0, 0.1) is 0 Å². The number of carbonyl (C=O) groups is 2. The minimum absolute atomic E-state index is 0.0574. The summed E-state index contributed by atoms with van der Waals surface area (Å²) in [6.45, 7) is 4.59. The highest BCUT2D eigenvalue weighted by molar-refractivity contribution is 6.52. The van der Waals surface area contributed by atoms with Gasteiger partial charge in [-0.2, -0.15) is 0 Å². The number of halogens is 1. The second-order valence-electron chi connectivity index (χ2n) is 7.58. The minimum atomic E-state index is -0.880. The van der Waals surface area contributed by atoms with Gasteiger partial charge in [0, 0.05) is 11.3 Å². The molecule has 34 heavy (non-hydrogen) atoms. The Hall–Kier alpha value is -3.77. The maximum absolute atomic E-state index is 13.3. The molecule has 1 fully saturated rings. The van der Waals surface area contributed by atoms with Crippen LogP contribution in [0.3, 0.4) is 0 Å². The fourth-order valence-electron chi connectivity index (χ4n) is 4.03. The van der Waals surface area contributed by atoms with Gasteiger partial charge in [-0.15, -0.1) is 0 Å². The summed E-state index contributed by atoms with van der Waals surface area (Å²) in [5, 5.41) is 11.6. The Balaban J connectivity index is 1.95. The van der Waals surface area contributed by atoms with Crippen LogP contribution in [-0.4, -0.2) is 30.0 Å². The first-order valence-electron chi connectivity index (χ1n) is 11.0. The molecule has 1 heterocycles. The topological polar surface area (TPSA) is 76.1 Å². The molecule has 3 aromatic carbocycles. The second-order valence-corrected chi connectivity index (χ2v) is 7.99. The van der Waals surface area contributed by atoms with E-state index in [0.29, 0.717) is 36.0 Å². The molecule has 0 aliphatic carbocycles. The van der Waals surface area contributed by atoms with E-state index in [1.165, 1.54) is 4.90 Å². The molecule has 174 valence electrons. The molecule has 4 rings (SSSR count). The smallest absolute Gasteiger partial charge is 0.300 e. The van der Waals surface area contributed by atoms with E-state index in [2.05, 4.69) is 0 Å². The van der Waals surface area contributed by atoms with Crippen molar-refractivity contribution < 1.29 is 24.2 Å². The van der Waals surface area contributed by atoms with Gasteiger partial charge in [0.2, 0.25) is 0 Å². The summed E-state index contributed by atoms with van der Waals surface area (Å²) in [6.07, 6.45) is 0. The molecule has 6 nitrogen and oxygen atoms in total. The van der Waals surface area contributed by atoms with Crippen LogP contribution in [0.4, 0.5) is 5.69 Å². The van der Waals surface area contributed by atoms with Crippen molar-refractivity contribution in [2.75, 3.05) is 18.1 Å². The van der Waals surface area contributed by atoms with Crippen LogP contribution in [0.2, 0.25) is 5.02 Å². The van der Waals surface area contributed by atoms with E-state index in [-0.39, 0.29) is 21.9 Å². The predicted octanol–water partition coefficient (Wildman–Crippen LogP) is 5.76. The number of ketones is 1. The van der Waals surface area contributed by atoms with Crippen LogP contribution >= 0.6 is 11.6 Å². The van der Waals surface area contributed by atoms with Gasteiger partial charge in [0.15, 0.2) is 0 Å². The van der Waals surface area contributed by atoms with Crippen LogP contribution in [-0.2, 0) is 9.59 Å². The largest absolute Gasteiger partial charge is 0.507 e. The Bertz CT molecular complexity index is 1250. The molecule has 1 unspecified atom stereocenters. The molecule has 0 aromatic heterocycles. The molecule has 1 saturated heterocycles. The second kappa shape index (κ2) is 10.0. The molecule has 3 aromatic rings. The van der Waals surface area contributed by atoms with Gasteiger partial charge < -0.3 is 14.6 Å². The first-order valence-corrected chi connectivity index (χ1v) is 11.4. The number of rotatable bonds is 7. The molecular formula is C27H24ClNO5. The number of carbonyl (C=O) groups excluding carboxylic acids is 2. The number of nitrogens with zero attached hydrogens (tertiary/aromatic N) is 1. The van der Waals surface area contributed by atoms with Crippen LogP contribution < -0.4 is 14.4 Å². The Morgan fingerprint density at radius 3 is 2.26 bits per heavy atom. The lowest BCUT2D eigenvalue weighted by Gasteiger charge is -2.26. The van der Waals surface area contributed by atoms with Crippen molar-refractivity contribution in [1.82, 2.24) is 0 Å². The summed E-state index contributed by atoms with van der Waals surface area (Å²) in [5.74, 6) is -0.825. The highest BCUT2D eigenvalue weighted by Gasteiger charge is 2.47. The summed E-state index contributed by atoms with van der Waals surface area (Å²) in [5.41, 5.74) is 1.31. The van der Waals surface area contributed by atoms with Gasteiger partial charge in [0.25, 0.3) is 11.7 Å². The average molecular weight is 478 g/mol. The first-order chi connectivity index (χ1) is 16.5. The lowest BCUT2D eigenvalue weighted by Crippen LogP contribution is -2.29. The molecule has 0 spiro atoms. The summed E-state index contributed by atoms with van der Waals surface area (Å²) in [7, 11) is 0. The zero-order chi connectivity index (χ0) is 24.2. The van der Waals surface area contributed by atoms with Crippen molar-refractivity contribution in [2.45, 2.75) is 19.9 Å². The van der Waals surface area contributed by atoms with Gasteiger partial charge in [-0.05, 0) is 61.9 Å². The summed E-state index contributed by atoms with van der Waals surface area (Å²) >= 11 is 6.39. The fourth-order valence-corrected chi connectivity index (χ4v) is 4.24. The summed E-state index contributed by atoms with van der Waals surface area (Å²) in [6, 6.07) is 20.0. The van der Waals surface area contributed by atoms with Crippen molar-refractivity contribution >= 4 is 34.7 Å². The number of hydrogen-bond acceptors (Lipinski definition) is 5. The average Bonchev–Trinajstić information content (AvgIpc) is 3.11. The number of amides is 1. The van der Waals surface area contributed by atoms with E-state index in [1.54, 1.807) is 66.7 Å². The van der Waals surface area contributed by atoms with E-state index >= 15 is 0 Å². The maximum atomic E-state index is 13.3. The number of aliphatic hydroxyl groups excluding tert-OH is 1. The Morgan fingerprint density at radius 2 is 1.59 bits per heavy atom. The molecule has 1 atom stereocenters. The van der Waals surface area contributed by atoms with Crippen LogP contribution in [0.15, 0.2) is 78.4 Å². The molecular weight excluding hydrogens is 454 g/mol. The molecule has 1 N–H and O–H groups in total. The van der Waals surface area contributed by atoms with Crippen LogP contribution in [0.25, 0.3) is 5.76 Å². The number of anilines is 1. The van der Waals surface area contributed by atoms with Crippen LogP contribution in [0.1, 0.15) is 31.0 Å². The molecule has 0 saturated carbocycles. The standard InChI is InChI=1S/C27H24ClNO5/c1-3-33-19-12-8-9-17(15-19)24-23(25(30)21-16-20(34-4-2)13-14-22(21)28)26(31)27(32)29(24)18-10-6-5-7-11-18/h5-16,24,30H,3-4H2,1-2H3/b25-23+. The van der Waals surface area contributed by atoms with E-state index < -0.39 is 17.7 Å². The number of ether oxygens (including phenoxy) is 2. The molecule has 7 heteroatoms. The maximum Gasteiger partial charge on any atom is 0.300 e. The van der Waals surface area contributed by atoms with Crippen molar-refractivity contribution in [1.29, 1.82) is 0 Å². The molecule has 1 aliphatic rings. The van der Waals surface area contributed by atoms with Crippen molar-refractivity contribution in [2.24, 2.45) is 0 Å². The normalized spacial score (nSPS) is 17.1. The molecule has 1 aliphatic heterocycles. The van der Waals surface area contributed by atoms with Crippen molar-refractivity contribution in [3.63, 3.8) is 0 Å². The number of para-hydroxylation sites is 1. The lowest BCUT2D eigenvalue weighted by atomic mass is 9.95. The number of Topliss-reactive ketones (excluding diaryl/α,β-unsaturated/α-hetero) is 1. The van der Waals surface area contributed by atoms with Crippen molar-refractivity contribution in [3.8, 4) is 11.5 Å². The third kappa shape index (κ3) is 4.37. The minimum Gasteiger partial charge on any atom is -0.507 e. The van der Waals surface area contributed by atoms with Gasteiger partial charge in [0.1, 0.15) is 17.3 Å². The van der Waals surface area contributed by atoms with E-state index in [1.807, 2.05) is 19.9 Å². The molecule has 1 amide bonds. The number of hydrogen-bond donors (Lipinski definition) is 1. The van der Waals surface area contributed by atoms with E-state index in [9.17, 15) is 14.7 Å². The van der Waals surface area contributed by atoms with Gasteiger partial charge in [-0.1, -0.05) is 41.9 Å². The monoisotopic (exact) mass is 477 g/mol. The van der Waals surface area contributed by atoms with E-state index in [4.69, 9.17) is 21.1 Å². The quantitative estimate of drug-likeness (QED) is 0.266. The molecule has 0 radical (unpaired) electrons.